The number of carbonyl (C=O) groups excluding carboxylic acids is 1. The van der Waals surface area contributed by atoms with Gasteiger partial charge in [0.1, 0.15) is 23.8 Å². The lowest BCUT2D eigenvalue weighted by Gasteiger charge is -2.12. The van der Waals surface area contributed by atoms with Crippen LogP contribution in [0.3, 0.4) is 0 Å². The van der Waals surface area contributed by atoms with E-state index in [2.05, 4.69) is 0 Å². The van der Waals surface area contributed by atoms with Crippen molar-refractivity contribution in [1.82, 2.24) is 0 Å². The van der Waals surface area contributed by atoms with E-state index in [1.807, 2.05) is 0 Å². The number of aliphatic hydroxyl groups excluding tert-OH is 2. The Morgan fingerprint density at radius 1 is 1.12 bits per heavy atom. The molecule has 5 heteroatoms. The molecule has 1 aromatic carbocycles. The maximum absolute atomic E-state index is 13.3. The largest absolute Gasteiger partial charge is 0.385 e. The van der Waals surface area contributed by atoms with Crippen LogP contribution in [0.4, 0.5) is 8.78 Å². The smallest absolute Gasteiger partial charge is 0.187 e. The van der Waals surface area contributed by atoms with E-state index in [4.69, 9.17) is 0 Å². The Labute approximate surface area is 89.6 Å². The van der Waals surface area contributed by atoms with Gasteiger partial charge in [-0.2, -0.15) is 0 Å². The molecule has 1 aliphatic rings. The lowest BCUT2D eigenvalue weighted by atomic mass is 10.0. The Morgan fingerprint density at radius 2 is 1.81 bits per heavy atom. The molecule has 16 heavy (non-hydrogen) atoms. The van der Waals surface area contributed by atoms with E-state index in [1.165, 1.54) is 0 Å². The number of benzene rings is 1. The fourth-order valence-electron chi connectivity index (χ4n) is 1.61. The molecule has 2 rings (SSSR count). The van der Waals surface area contributed by atoms with E-state index < -0.39 is 29.6 Å². The molecule has 0 saturated carbocycles. The summed E-state index contributed by atoms with van der Waals surface area (Å²) >= 11 is 0. The summed E-state index contributed by atoms with van der Waals surface area (Å²) in [6, 6.07) is 2.78. The van der Waals surface area contributed by atoms with Crippen LogP contribution in [0.2, 0.25) is 0 Å². The minimum Gasteiger partial charge on any atom is -0.385 e. The molecule has 0 saturated heterocycles. The third kappa shape index (κ3) is 1.64. The zero-order chi connectivity index (χ0) is 11.9. The highest BCUT2D eigenvalue weighted by Gasteiger charge is 2.34. The fourth-order valence-corrected chi connectivity index (χ4v) is 1.61. The molecular formula is C11H8F2O3. The third-order valence-corrected chi connectivity index (χ3v) is 2.45. The van der Waals surface area contributed by atoms with Gasteiger partial charge >= 0.3 is 0 Å². The van der Waals surface area contributed by atoms with Gasteiger partial charge in [0.25, 0.3) is 0 Å². The van der Waals surface area contributed by atoms with Crippen LogP contribution in [0, 0.1) is 11.6 Å². The quantitative estimate of drug-likeness (QED) is 0.739. The summed E-state index contributed by atoms with van der Waals surface area (Å²) in [7, 11) is 0. The van der Waals surface area contributed by atoms with Crippen molar-refractivity contribution in [2.24, 2.45) is 0 Å². The molecule has 0 heterocycles. The van der Waals surface area contributed by atoms with Crippen LogP contribution in [0.1, 0.15) is 5.56 Å². The van der Waals surface area contributed by atoms with Gasteiger partial charge in [-0.15, -0.1) is 0 Å². The minimum absolute atomic E-state index is 0.0324. The molecule has 0 bridgehead atoms. The van der Waals surface area contributed by atoms with Crippen LogP contribution in [-0.4, -0.2) is 28.2 Å². The second-order valence-electron chi connectivity index (χ2n) is 3.52. The molecule has 2 atom stereocenters. The number of carbonyl (C=O) groups is 1. The minimum atomic E-state index is -1.57. The maximum Gasteiger partial charge on any atom is 0.187 e. The summed E-state index contributed by atoms with van der Waals surface area (Å²) in [5, 5.41) is 18.7. The monoisotopic (exact) mass is 226 g/mol. The van der Waals surface area contributed by atoms with Crippen molar-refractivity contribution in [2.45, 2.75) is 12.2 Å². The van der Waals surface area contributed by atoms with Crippen molar-refractivity contribution < 1.29 is 23.8 Å². The van der Waals surface area contributed by atoms with Crippen LogP contribution in [0.15, 0.2) is 24.3 Å². The average Bonchev–Trinajstić information content (AvgIpc) is 2.46. The summed E-state index contributed by atoms with van der Waals surface area (Å²) in [5.41, 5.74) is -0.117. The van der Waals surface area contributed by atoms with Gasteiger partial charge in [-0.3, -0.25) is 4.79 Å². The normalized spacial score (nSPS) is 24.8. The lowest BCUT2D eigenvalue weighted by Crippen LogP contribution is -2.27. The first-order chi connectivity index (χ1) is 7.50. The Kier molecular flexibility index (Phi) is 2.57. The standard InChI is InChI=1S/C11H8F2O3/c12-5-1-2-6(8(13)3-5)7-4-9(14)11(16)10(7)15/h1-4,10-11,15-16H/t10-,11-/m0/s1. The van der Waals surface area contributed by atoms with Gasteiger partial charge in [0.2, 0.25) is 0 Å². The van der Waals surface area contributed by atoms with Crippen molar-refractivity contribution in [3.05, 3.63) is 41.5 Å². The first-order valence-electron chi connectivity index (χ1n) is 4.57. The van der Waals surface area contributed by atoms with Crippen molar-refractivity contribution in [3.8, 4) is 0 Å². The summed E-state index contributed by atoms with van der Waals surface area (Å²) in [5.74, 6) is -2.32. The van der Waals surface area contributed by atoms with E-state index in [0.717, 1.165) is 18.2 Å². The van der Waals surface area contributed by atoms with Gasteiger partial charge in [-0.05, 0) is 23.8 Å². The first-order valence-corrected chi connectivity index (χ1v) is 4.57. The first kappa shape index (κ1) is 10.9. The van der Waals surface area contributed by atoms with Gasteiger partial charge in [0.15, 0.2) is 5.78 Å². The molecule has 2 N–H and O–H groups in total. The van der Waals surface area contributed by atoms with E-state index in [-0.39, 0.29) is 11.1 Å². The maximum atomic E-state index is 13.3. The van der Waals surface area contributed by atoms with Gasteiger partial charge in [-0.1, -0.05) is 0 Å². The van der Waals surface area contributed by atoms with Crippen LogP contribution in [0.5, 0.6) is 0 Å². The molecular weight excluding hydrogens is 218 g/mol. The van der Waals surface area contributed by atoms with E-state index in [1.54, 1.807) is 0 Å². The van der Waals surface area contributed by atoms with Crippen molar-refractivity contribution in [3.63, 3.8) is 0 Å². The number of rotatable bonds is 1. The van der Waals surface area contributed by atoms with Crippen molar-refractivity contribution in [1.29, 1.82) is 0 Å². The van der Waals surface area contributed by atoms with Crippen molar-refractivity contribution in [2.75, 3.05) is 0 Å². The summed E-state index contributed by atoms with van der Waals surface area (Å²) in [6.07, 6.45) is -2.07. The molecule has 0 aliphatic heterocycles. The number of halogens is 2. The van der Waals surface area contributed by atoms with Crippen LogP contribution < -0.4 is 0 Å². The second-order valence-corrected chi connectivity index (χ2v) is 3.52. The van der Waals surface area contributed by atoms with Crippen LogP contribution in [0.25, 0.3) is 5.57 Å². The SMILES string of the molecule is O=C1C=C(c2ccc(F)cc2F)[C@H](O)[C@H]1O. The number of hydrogen-bond donors (Lipinski definition) is 2. The summed E-state index contributed by atoms with van der Waals surface area (Å²) < 4.78 is 26.0. The van der Waals surface area contributed by atoms with Crippen LogP contribution >= 0.6 is 0 Å². The molecule has 0 radical (unpaired) electrons. The molecule has 1 aliphatic carbocycles. The molecule has 0 unspecified atom stereocenters. The molecule has 0 fully saturated rings. The van der Waals surface area contributed by atoms with Gasteiger partial charge in [0.05, 0.1) is 0 Å². The summed E-state index contributed by atoms with van der Waals surface area (Å²) in [4.78, 5) is 11.1. The zero-order valence-electron chi connectivity index (χ0n) is 8.02. The Hall–Kier alpha value is -1.59. The van der Waals surface area contributed by atoms with E-state index >= 15 is 0 Å². The highest BCUT2D eigenvalue weighted by atomic mass is 19.1. The van der Waals surface area contributed by atoms with E-state index in [0.29, 0.717) is 6.07 Å². The van der Waals surface area contributed by atoms with Crippen LogP contribution in [-0.2, 0) is 4.79 Å². The third-order valence-electron chi connectivity index (χ3n) is 2.45. The Balaban J connectivity index is 2.46. The molecule has 3 nitrogen and oxygen atoms in total. The molecule has 0 aromatic heterocycles. The molecule has 1 aromatic rings. The molecule has 84 valence electrons. The van der Waals surface area contributed by atoms with E-state index in [9.17, 15) is 23.8 Å². The summed E-state index contributed by atoms with van der Waals surface area (Å²) in [6.45, 7) is 0. The number of hydrogen-bond acceptors (Lipinski definition) is 3. The van der Waals surface area contributed by atoms with Gasteiger partial charge in [-0.25, -0.2) is 8.78 Å². The zero-order valence-corrected chi connectivity index (χ0v) is 8.02. The molecule has 0 spiro atoms. The van der Waals surface area contributed by atoms with Gasteiger partial charge < -0.3 is 10.2 Å². The van der Waals surface area contributed by atoms with Gasteiger partial charge in [0, 0.05) is 11.6 Å². The molecule has 0 amide bonds. The number of aliphatic hydroxyl groups is 2. The second kappa shape index (κ2) is 3.77. The number of ketones is 1. The predicted molar refractivity (Wildman–Crippen MR) is 51.4 cm³/mol. The Morgan fingerprint density at radius 3 is 2.31 bits per heavy atom. The highest BCUT2D eigenvalue weighted by Crippen LogP contribution is 2.28. The van der Waals surface area contributed by atoms with Crippen molar-refractivity contribution >= 4 is 11.4 Å². The highest BCUT2D eigenvalue weighted by molar-refractivity contribution is 6.06. The lowest BCUT2D eigenvalue weighted by molar-refractivity contribution is -0.124. The fraction of sp³-hybridized carbons (Fsp3) is 0.182. The average molecular weight is 226 g/mol. The topological polar surface area (TPSA) is 57.5 Å². The Bertz CT molecular complexity index is 482. The predicted octanol–water partition coefficient (Wildman–Crippen LogP) is 0.653.